The molecule has 3 aliphatic rings. The standard InChI is InChI=1S/C13H13BrN2S/c1-12-5-13(6-12,10(12)15)11-16-8-3-2-7(14)4-9(8)17-11/h2-4,10H,5-6,15H2,1H3. The Hall–Kier alpha value is -0.450. The van der Waals surface area contributed by atoms with Crippen LogP contribution in [0.3, 0.4) is 0 Å². The molecule has 1 aromatic carbocycles. The van der Waals surface area contributed by atoms with Crippen molar-refractivity contribution in [1.29, 1.82) is 0 Å². The number of aromatic nitrogens is 1. The molecule has 0 radical (unpaired) electrons. The molecule has 2 bridgehead atoms. The molecule has 2 nitrogen and oxygen atoms in total. The highest BCUT2D eigenvalue weighted by atomic mass is 79.9. The Morgan fingerprint density at radius 3 is 2.88 bits per heavy atom. The molecule has 2 N–H and O–H groups in total. The topological polar surface area (TPSA) is 38.9 Å². The van der Waals surface area contributed by atoms with E-state index in [0.29, 0.717) is 11.5 Å². The summed E-state index contributed by atoms with van der Waals surface area (Å²) in [6.07, 6.45) is 2.45. The highest BCUT2D eigenvalue weighted by Crippen LogP contribution is 2.72. The first-order chi connectivity index (χ1) is 8.03. The van der Waals surface area contributed by atoms with Crippen molar-refractivity contribution in [3.05, 3.63) is 27.7 Å². The van der Waals surface area contributed by atoms with Gasteiger partial charge >= 0.3 is 0 Å². The number of halogens is 1. The number of nitrogens with two attached hydrogens (primary N) is 1. The first-order valence-corrected chi connectivity index (χ1v) is 7.47. The van der Waals surface area contributed by atoms with Gasteiger partial charge in [-0.2, -0.15) is 0 Å². The van der Waals surface area contributed by atoms with Crippen molar-refractivity contribution in [3.8, 4) is 0 Å². The van der Waals surface area contributed by atoms with Gasteiger partial charge in [-0.25, -0.2) is 4.98 Å². The Balaban J connectivity index is 1.83. The van der Waals surface area contributed by atoms with E-state index in [9.17, 15) is 0 Å². The molecule has 1 aromatic heterocycles. The van der Waals surface area contributed by atoms with E-state index < -0.39 is 0 Å². The Bertz CT molecular complexity index is 627. The van der Waals surface area contributed by atoms with Crippen molar-refractivity contribution in [2.45, 2.75) is 31.2 Å². The predicted molar refractivity (Wildman–Crippen MR) is 74.3 cm³/mol. The predicted octanol–water partition coefficient (Wildman–Crippen LogP) is 3.44. The number of fused-ring (bicyclic) bond motifs is 1. The second kappa shape index (κ2) is 2.92. The molecule has 2 aromatic rings. The largest absolute Gasteiger partial charge is 0.326 e. The molecule has 1 atom stereocenters. The van der Waals surface area contributed by atoms with E-state index in [4.69, 9.17) is 10.7 Å². The van der Waals surface area contributed by atoms with E-state index in [1.165, 1.54) is 22.5 Å². The molecule has 4 heteroatoms. The normalized spacial score (nSPS) is 38.9. The summed E-state index contributed by atoms with van der Waals surface area (Å²) in [6, 6.07) is 6.60. The fourth-order valence-electron chi connectivity index (χ4n) is 3.63. The summed E-state index contributed by atoms with van der Waals surface area (Å²) < 4.78 is 2.38. The van der Waals surface area contributed by atoms with Crippen LogP contribution in [-0.4, -0.2) is 11.0 Å². The van der Waals surface area contributed by atoms with Gasteiger partial charge in [-0.05, 0) is 36.5 Å². The minimum Gasteiger partial charge on any atom is -0.326 e. The average Bonchev–Trinajstić information content (AvgIpc) is 2.67. The van der Waals surface area contributed by atoms with Crippen LogP contribution in [0.4, 0.5) is 0 Å². The van der Waals surface area contributed by atoms with Crippen LogP contribution in [0.1, 0.15) is 24.8 Å². The molecule has 0 aliphatic heterocycles. The third-order valence-corrected chi connectivity index (χ3v) is 6.29. The number of hydrogen-bond acceptors (Lipinski definition) is 3. The maximum absolute atomic E-state index is 6.28. The number of rotatable bonds is 1. The Labute approximate surface area is 112 Å². The zero-order chi connectivity index (χ0) is 11.8. The van der Waals surface area contributed by atoms with Gasteiger partial charge in [0.05, 0.1) is 10.2 Å². The van der Waals surface area contributed by atoms with E-state index in [1.54, 1.807) is 0 Å². The third-order valence-electron chi connectivity index (χ3n) is 4.56. The number of hydrogen-bond donors (Lipinski definition) is 1. The lowest BCUT2D eigenvalue weighted by Crippen LogP contribution is -2.78. The van der Waals surface area contributed by atoms with Gasteiger partial charge in [0.15, 0.2) is 0 Å². The maximum Gasteiger partial charge on any atom is 0.102 e. The molecular weight excluding hydrogens is 296 g/mol. The van der Waals surface area contributed by atoms with Gasteiger partial charge in [-0.1, -0.05) is 22.9 Å². The summed E-state index contributed by atoms with van der Waals surface area (Å²) in [5.74, 6) is 0. The van der Waals surface area contributed by atoms with Crippen molar-refractivity contribution in [1.82, 2.24) is 4.98 Å². The van der Waals surface area contributed by atoms with Crippen molar-refractivity contribution in [2.75, 3.05) is 0 Å². The Kier molecular flexibility index (Phi) is 1.80. The highest BCUT2D eigenvalue weighted by molar-refractivity contribution is 9.10. The van der Waals surface area contributed by atoms with Gasteiger partial charge in [-0.15, -0.1) is 11.3 Å². The maximum atomic E-state index is 6.28. The summed E-state index contributed by atoms with van der Waals surface area (Å²) in [7, 11) is 0. The van der Waals surface area contributed by atoms with Crippen LogP contribution >= 0.6 is 27.3 Å². The van der Waals surface area contributed by atoms with Crippen LogP contribution in [0.5, 0.6) is 0 Å². The fraction of sp³-hybridized carbons (Fsp3) is 0.462. The van der Waals surface area contributed by atoms with Gasteiger partial charge in [0.1, 0.15) is 5.01 Å². The van der Waals surface area contributed by atoms with Crippen molar-refractivity contribution in [3.63, 3.8) is 0 Å². The molecule has 0 amide bonds. The van der Waals surface area contributed by atoms with Crippen molar-refractivity contribution < 1.29 is 0 Å². The van der Waals surface area contributed by atoms with Gasteiger partial charge in [0.25, 0.3) is 0 Å². The van der Waals surface area contributed by atoms with Gasteiger partial charge in [0, 0.05) is 15.9 Å². The van der Waals surface area contributed by atoms with E-state index in [0.717, 1.165) is 9.99 Å². The zero-order valence-corrected chi connectivity index (χ0v) is 11.9. The summed E-state index contributed by atoms with van der Waals surface area (Å²) in [6.45, 7) is 2.29. The SMILES string of the molecule is CC12CC(c3nc4ccc(Br)cc4s3)(C1)C2N. The highest BCUT2D eigenvalue weighted by Gasteiger charge is 2.73. The summed E-state index contributed by atoms with van der Waals surface area (Å²) in [5.41, 5.74) is 8.00. The number of benzene rings is 1. The molecule has 1 unspecified atom stereocenters. The van der Waals surface area contributed by atoms with E-state index >= 15 is 0 Å². The molecule has 3 fully saturated rings. The second-order valence-electron chi connectivity index (χ2n) is 5.77. The van der Waals surface area contributed by atoms with Gasteiger partial charge in [0.2, 0.25) is 0 Å². The Morgan fingerprint density at radius 1 is 1.47 bits per heavy atom. The lowest BCUT2D eigenvalue weighted by molar-refractivity contribution is -0.153. The van der Waals surface area contributed by atoms with Crippen molar-refractivity contribution >= 4 is 37.5 Å². The smallest absolute Gasteiger partial charge is 0.102 e. The first kappa shape index (κ1) is 10.5. The number of nitrogens with zero attached hydrogens (tertiary/aromatic N) is 1. The van der Waals surface area contributed by atoms with E-state index in [-0.39, 0.29) is 5.41 Å². The van der Waals surface area contributed by atoms with Gasteiger partial charge < -0.3 is 5.73 Å². The van der Waals surface area contributed by atoms with Crippen LogP contribution < -0.4 is 5.73 Å². The molecule has 3 aliphatic carbocycles. The molecular formula is C13H13BrN2S. The van der Waals surface area contributed by atoms with Crippen LogP contribution in [-0.2, 0) is 5.41 Å². The van der Waals surface area contributed by atoms with Crippen LogP contribution in [0.2, 0.25) is 0 Å². The quantitative estimate of drug-likeness (QED) is 0.876. The first-order valence-electron chi connectivity index (χ1n) is 5.86. The average molecular weight is 309 g/mol. The number of thiazole rings is 1. The minimum atomic E-state index is 0.213. The molecule has 17 heavy (non-hydrogen) atoms. The molecule has 5 rings (SSSR count). The molecule has 0 saturated heterocycles. The molecule has 0 spiro atoms. The minimum absolute atomic E-state index is 0.213. The van der Waals surface area contributed by atoms with Crippen LogP contribution in [0.25, 0.3) is 10.2 Å². The summed E-state index contributed by atoms with van der Waals surface area (Å²) in [4.78, 5) is 4.78. The molecule has 1 heterocycles. The summed E-state index contributed by atoms with van der Waals surface area (Å²) >= 11 is 5.32. The summed E-state index contributed by atoms with van der Waals surface area (Å²) in [5, 5.41) is 1.25. The zero-order valence-electron chi connectivity index (χ0n) is 9.53. The molecule has 3 saturated carbocycles. The van der Waals surface area contributed by atoms with E-state index in [2.05, 4.69) is 41.1 Å². The fourth-order valence-corrected chi connectivity index (χ4v) is 5.37. The third kappa shape index (κ3) is 1.12. The van der Waals surface area contributed by atoms with Crippen LogP contribution in [0, 0.1) is 5.41 Å². The second-order valence-corrected chi connectivity index (χ2v) is 7.72. The molecule has 88 valence electrons. The van der Waals surface area contributed by atoms with Gasteiger partial charge in [-0.3, -0.25) is 0 Å². The van der Waals surface area contributed by atoms with E-state index in [1.807, 2.05) is 11.3 Å². The Morgan fingerprint density at radius 2 is 2.24 bits per heavy atom. The van der Waals surface area contributed by atoms with Crippen LogP contribution in [0.15, 0.2) is 22.7 Å². The van der Waals surface area contributed by atoms with Crippen molar-refractivity contribution in [2.24, 2.45) is 11.1 Å². The monoisotopic (exact) mass is 308 g/mol. The lowest BCUT2D eigenvalue weighted by Gasteiger charge is -2.73. The lowest BCUT2D eigenvalue weighted by atomic mass is 9.33.